The molecular formula is C21H30Cl2N2O4S. The minimum absolute atomic E-state index is 0. The molecular weight excluding hydrogens is 447 g/mol. The molecule has 0 unspecified atom stereocenters. The molecule has 3 heterocycles. The number of aryl methyl sites for hydroxylation is 1. The molecule has 4 rings (SSSR count). The summed E-state index contributed by atoms with van der Waals surface area (Å²) >= 11 is 1.58. The lowest BCUT2D eigenvalue weighted by Crippen LogP contribution is -2.56. The Morgan fingerprint density at radius 2 is 2.07 bits per heavy atom. The Kier molecular flexibility index (Phi) is 8.13. The van der Waals surface area contributed by atoms with Crippen molar-refractivity contribution in [3.05, 3.63) is 29.8 Å². The minimum atomic E-state index is -1.25. The predicted octanol–water partition coefficient (Wildman–Crippen LogP) is 4.30. The third-order valence-corrected chi connectivity index (χ3v) is 6.25. The Balaban J connectivity index is 0.00000160. The summed E-state index contributed by atoms with van der Waals surface area (Å²) in [5, 5.41) is 0.921. The highest BCUT2D eigenvalue weighted by Crippen LogP contribution is 2.39. The summed E-state index contributed by atoms with van der Waals surface area (Å²) in [6.45, 7) is 3.47. The van der Waals surface area contributed by atoms with E-state index in [1.807, 2.05) is 12.3 Å². The molecule has 2 N–H and O–H groups in total. The average molecular weight is 477 g/mol. The smallest absolute Gasteiger partial charge is 0.343 e. The second-order valence-electron chi connectivity index (χ2n) is 8.38. The first-order valence-electron chi connectivity index (χ1n) is 9.87. The summed E-state index contributed by atoms with van der Waals surface area (Å²) in [6, 6.07) is 3.42. The van der Waals surface area contributed by atoms with Crippen LogP contribution in [0, 0.1) is 5.92 Å². The van der Waals surface area contributed by atoms with Crippen LogP contribution in [0.1, 0.15) is 44.6 Å². The molecule has 6 nitrogen and oxygen atoms in total. The van der Waals surface area contributed by atoms with Crippen molar-refractivity contribution in [3.8, 4) is 0 Å². The lowest BCUT2D eigenvalue weighted by Gasteiger charge is -2.31. The zero-order valence-corrected chi connectivity index (χ0v) is 20.0. The van der Waals surface area contributed by atoms with Crippen LogP contribution in [-0.2, 0) is 27.1 Å². The van der Waals surface area contributed by atoms with Crippen molar-refractivity contribution in [2.45, 2.75) is 63.4 Å². The molecule has 2 aromatic rings. The number of rotatable bonds is 8. The summed E-state index contributed by atoms with van der Waals surface area (Å²) in [4.78, 5) is 17.4. The Labute approximate surface area is 193 Å². The number of carbonyl (C=O) groups is 1. The van der Waals surface area contributed by atoms with Crippen LogP contribution in [0.3, 0.4) is 0 Å². The number of nitrogens with two attached hydrogens (primary N) is 1. The number of carbonyl (C=O) groups excluding carboxylic acids is 1. The fraction of sp³-hybridized carbons (Fsp3) is 0.619. The topological polar surface area (TPSA) is 87.6 Å². The van der Waals surface area contributed by atoms with Gasteiger partial charge in [0.25, 0.3) is 0 Å². The number of halogens is 2. The van der Waals surface area contributed by atoms with Gasteiger partial charge >= 0.3 is 5.97 Å². The first kappa shape index (κ1) is 25.3. The number of thioether (sulfide) groups is 1. The molecule has 2 aliphatic rings. The maximum Gasteiger partial charge on any atom is 0.343 e. The van der Waals surface area contributed by atoms with Crippen LogP contribution in [0.25, 0.3) is 11.0 Å². The molecule has 0 bridgehead atoms. The van der Waals surface area contributed by atoms with Gasteiger partial charge in [-0.3, -0.25) is 4.98 Å². The Morgan fingerprint density at radius 3 is 2.67 bits per heavy atom. The van der Waals surface area contributed by atoms with Crippen molar-refractivity contribution in [3.63, 3.8) is 0 Å². The van der Waals surface area contributed by atoms with Gasteiger partial charge in [0.15, 0.2) is 5.60 Å². The maximum atomic E-state index is 12.9. The van der Waals surface area contributed by atoms with Crippen LogP contribution in [0.2, 0.25) is 0 Å². The van der Waals surface area contributed by atoms with Crippen molar-refractivity contribution in [1.29, 1.82) is 0 Å². The number of hydrogen-bond donors (Lipinski definition) is 1. The first-order chi connectivity index (χ1) is 13.3. The Bertz CT molecular complexity index is 887. The van der Waals surface area contributed by atoms with Crippen LogP contribution in [-0.4, -0.2) is 40.4 Å². The number of pyridine rings is 1. The van der Waals surface area contributed by atoms with Gasteiger partial charge in [0.05, 0.1) is 11.7 Å². The molecule has 9 heteroatoms. The maximum absolute atomic E-state index is 12.9. The molecule has 2 aromatic heterocycles. The molecule has 30 heavy (non-hydrogen) atoms. The van der Waals surface area contributed by atoms with Crippen LogP contribution < -0.4 is 5.73 Å². The SMILES string of the molecule is CSC[C@H](N)[C@@]1(Cc2nccc3oc(CCC4CC4)cc23)OC(C)(C)OC1=O.Cl.Cl. The molecule has 2 atom stereocenters. The fourth-order valence-corrected chi connectivity index (χ4v) is 4.56. The highest BCUT2D eigenvalue weighted by Gasteiger charge is 2.57. The van der Waals surface area contributed by atoms with E-state index in [0.29, 0.717) is 5.75 Å². The molecule has 0 amide bonds. The molecule has 1 saturated heterocycles. The summed E-state index contributed by atoms with van der Waals surface area (Å²) < 4.78 is 17.6. The van der Waals surface area contributed by atoms with Crippen molar-refractivity contribution in [2.75, 3.05) is 12.0 Å². The van der Waals surface area contributed by atoms with Crippen LogP contribution >= 0.6 is 36.6 Å². The van der Waals surface area contributed by atoms with Crippen LogP contribution in [0.4, 0.5) is 0 Å². The molecule has 1 saturated carbocycles. The van der Waals surface area contributed by atoms with Gasteiger partial charge in [0.2, 0.25) is 5.79 Å². The summed E-state index contributed by atoms with van der Waals surface area (Å²) in [7, 11) is 0. The van der Waals surface area contributed by atoms with E-state index >= 15 is 0 Å². The molecule has 0 radical (unpaired) electrons. The predicted molar refractivity (Wildman–Crippen MR) is 124 cm³/mol. The van der Waals surface area contributed by atoms with E-state index in [1.165, 1.54) is 12.8 Å². The second kappa shape index (κ2) is 9.65. The number of aromatic nitrogens is 1. The Morgan fingerprint density at radius 1 is 1.33 bits per heavy atom. The van der Waals surface area contributed by atoms with Gasteiger partial charge in [0, 0.05) is 44.0 Å². The van der Waals surface area contributed by atoms with Crippen molar-refractivity contribution in [2.24, 2.45) is 11.7 Å². The fourth-order valence-electron chi connectivity index (χ4n) is 3.93. The largest absolute Gasteiger partial charge is 0.461 e. The molecule has 2 fully saturated rings. The van der Waals surface area contributed by atoms with E-state index in [0.717, 1.165) is 41.2 Å². The van der Waals surface area contributed by atoms with Crippen molar-refractivity contribution < 1.29 is 18.7 Å². The number of furan rings is 1. The second-order valence-corrected chi connectivity index (χ2v) is 9.29. The van der Waals surface area contributed by atoms with E-state index in [-0.39, 0.29) is 31.2 Å². The summed E-state index contributed by atoms with van der Waals surface area (Å²) in [5.74, 6) is 0.970. The van der Waals surface area contributed by atoms with Crippen molar-refractivity contribution in [1.82, 2.24) is 4.98 Å². The quantitative estimate of drug-likeness (QED) is 0.568. The van der Waals surface area contributed by atoms with E-state index in [9.17, 15) is 4.79 Å². The Hall–Kier alpha value is -0.990. The van der Waals surface area contributed by atoms with Gasteiger partial charge in [0.1, 0.15) is 11.3 Å². The standard InChI is InChI=1S/C21H28N2O4S.2ClH/c1-20(2)26-19(24)21(27-20,18(22)12-28-3)11-16-15-10-14(7-6-13-4-5-13)25-17(15)8-9-23-16;;/h8-10,13,18H,4-7,11-12,22H2,1-3H3;2*1H/t18-,21+;;/m0../s1. The summed E-state index contributed by atoms with van der Waals surface area (Å²) in [5.41, 5.74) is 6.71. The number of esters is 1. The monoisotopic (exact) mass is 476 g/mol. The van der Waals surface area contributed by atoms with Gasteiger partial charge in [-0.05, 0) is 30.7 Å². The molecule has 1 aliphatic carbocycles. The van der Waals surface area contributed by atoms with Gasteiger partial charge in [-0.15, -0.1) is 24.8 Å². The highest BCUT2D eigenvalue weighted by atomic mass is 35.5. The van der Waals surface area contributed by atoms with E-state index in [2.05, 4.69) is 11.1 Å². The number of ether oxygens (including phenoxy) is 2. The lowest BCUT2D eigenvalue weighted by atomic mass is 9.89. The highest BCUT2D eigenvalue weighted by molar-refractivity contribution is 7.98. The first-order valence-corrected chi connectivity index (χ1v) is 11.3. The third kappa shape index (κ3) is 5.07. The van der Waals surface area contributed by atoms with Gasteiger partial charge in [-0.2, -0.15) is 11.8 Å². The summed E-state index contributed by atoms with van der Waals surface area (Å²) in [6.07, 6.45) is 8.69. The molecule has 1 aliphatic heterocycles. The number of nitrogens with zero attached hydrogens (tertiary/aromatic N) is 1. The zero-order chi connectivity index (χ0) is 19.9. The number of fused-ring (bicyclic) bond motifs is 1. The molecule has 0 aromatic carbocycles. The van der Waals surface area contributed by atoms with Gasteiger partial charge < -0.3 is 19.6 Å². The number of hydrogen-bond acceptors (Lipinski definition) is 7. The average Bonchev–Trinajstić information content (AvgIpc) is 3.30. The van der Waals surface area contributed by atoms with Crippen LogP contribution in [0.15, 0.2) is 22.7 Å². The third-order valence-electron chi connectivity index (χ3n) is 5.56. The normalized spacial score (nSPS) is 23.5. The van der Waals surface area contributed by atoms with E-state index < -0.39 is 23.4 Å². The lowest BCUT2D eigenvalue weighted by molar-refractivity contribution is -0.168. The van der Waals surface area contributed by atoms with E-state index in [1.54, 1.807) is 31.8 Å². The van der Waals surface area contributed by atoms with Gasteiger partial charge in [-0.1, -0.05) is 12.8 Å². The van der Waals surface area contributed by atoms with Crippen LogP contribution in [0.5, 0.6) is 0 Å². The van der Waals surface area contributed by atoms with E-state index in [4.69, 9.17) is 19.6 Å². The molecule has 168 valence electrons. The van der Waals surface area contributed by atoms with Crippen molar-refractivity contribution >= 4 is 53.5 Å². The minimum Gasteiger partial charge on any atom is -0.461 e. The number of cyclic esters (lactones) is 1. The van der Waals surface area contributed by atoms with Gasteiger partial charge in [-0.25, -0.2) is 4.79 Å². The molecule has 0 spiro atoms. The zero-order valence-electron chi connectivity index (χ0n) is 17.5.